The Bertz CT molecular complexity index is 858. The number of amides is 1. The Kier molecular flexibility index (Phi) is 6.80. The number of nitrogens with one attached hydrogen (secondary N) is 1. The van der Waals surface area contributed by atoms with Crippen LogP contribution >= 0.6 is 0 Å². The summed E-state index contributed by atoms with van der Waals surface area (Å²) in [6.45, 7) is 5.52. The van der Waals surface area contributed by atoms with Crippen LogP contribution in [0.25, 0.3) is 0 Å². The van der Waals surface area contributed by atoms with Gasteiger partial charge in [-0.05, 0) is 57.9 Å². The fourth-order valence-electron chi connectivity index (χ4n) is 2.89. The molecule has 1 aromatic rings. The minimum Gasteiger partial charge on any atom is -0.455 e. The Balaban J connectivity index is 1.88. The molecule has 152 valence electrons. The quantitative estimate of drug-likeness (QED) is 0.738. The molecule has 0 bridgehead atoms. The number of sulfonamides is 1. The van der Waals surface area contributed by atoms with Gasteiger partial charge in [-0.15, -0.1) is 0 Å². The molecule has 0 spiro atoms. The lowest BCUT2D eigenvalue weighted by Crippen LogP contribution is -2.44. The van der Waals surface area contributed by atoms with Crippen LogP contribution < -0.4 is 5.32 Å². The average Bonchev–Trinajstić information content (AvgIpc) is 2.65. The second-order valence-corrected chi connectivity index (χ2v) is 9.66. The third-order valence-electron chi connectivity index (χ3n) is 4.27. The second-order valence-electron chi connectivity index (χ2n) is 7.72. The fraction of sp³-hybridized carbons (Fsp3) is 0.526. The highest BCUT2D eigenvalue weighted by atomic mass is 32.2. The average molecular weight is 407 g/mol. The zero-order chi connectivity index (χ0) is 20.9. The standard InChI is InChI=1S/C19H25N3O5S/c1-19(2,3)21-17(23)13-27-18(24)15-8-10-22(11-9-15)28(25,26)16-6-4-14(12-20)5-7-16/h4-7,15H,8-11,13H2,1-3H3,(H,21,23). The van der Waals surface area contributed by atoms with E-state index < -0.39 is 27.4 Å². The fourth-order valence-corrected chi connectivity index (χ4v) is 4.36. The van der Waals surface area contributed by atoms with Gasteiger partial charge in [-0.25, -0.2) is 8.42 Å². The summed E-state index contributed by atoms with van der Waals surface area (Å²) in [6, 6.07) is 7.67. The molecule has 28 heavy (non-hydrogen) atoms. The molecule has 0 radical (unpaired) electrons. The maximum atomic E-state index is 12.7. The van der Waals surface area contributed by atoms with Crippen molar-refractivity contribution in [1.29, 1.82) is 5.26 Å². The summed E-state index contributed by atoms with van der Waals surface area (Å²) in [5.41, 5.74) is -0.0230. The molecule has 1 amide bonds. The van der Waals surface area contributed by atoms with Crippen LogP contribution in [-0.2, 0) is 24.3 Å². The number of benzene rings is 1. The van der Waals surface area contributed by atoms with Crippen LogP contribution in [-0.4, -0.2) is 49.8 Å². The molecule has 1 N–H and O–H groups in total. The largest absolute Gasteiger partial charge is 0.455 e. The molecular weight excluding hydrogens is 382 g/mol. The number of carbonyl (C=O) groups excluding carboxylic acids is 2. The summed E-state index contributed by atoms with van der Waals surface area (Å²) in [5.74, 6) is -1.30. The summed E-state index contributed by atoms with van der Waals surface area (Å²) in [6.07, 6.45) is 0.657. The van der Waals surface area contributed by atoms with Crippen LogP contribution in [0.1, 0.15) is 39.2 Å². The first kappa shape index (κ1) is 21.9. The molecule has 8 nitrogen and oxygen atoms in total. The van der Waals surface area contributed by atoms with E-state index in [0.29, 0.717) is 18.4 Å². The molecule has 0 aromatic heterocycles. The van der Waals surface area contributed by atoms with Crippen LogP contribution in [0.3, 0.4) is 0 Å². The molecule has 1 saturated heterocycles. The summed E-state index contributed by atoms with van der Waals surface area (Å²) in [4.78, 5) is 24.0. The number of hydrogen-bond donors (Lipinski definition) is 1. The van der Waals surface area contributed by atoms with Crippen molar-refractivity contribution in [3.63, 3.8) is 0 Å². The highest BCUT2D eigenvalue weighted by Crippen LogP contribution is 2.24. The first-order valence-corrected chi connectivity index (χ1v) is 10.4. The highest BCUT2D eigenvalue weighted by molar-refractivity contribution is 7.89. The third kappa shape index (κ3) is 5.78. The minimum absolute atomic E-state index is 0.117. The van der Waals surface area contributed by atoms with E-state index in [1.165, 1.54) is 28.6 Å². The van der Waals surface area contributed by atoms with E-state index in [1.807, 2.05) is 26.8 Å². The van der Waals surface area contributed by atoms with Gasteiger partial charge in [0.25, 0.3) is 5.91 Å². The smallest absolute Gasteiger partial charge is 0.309 e. The van der Waals surface area contributed by atoms with Gasteiger partial charge in [-0.1, -0.05) is 0 Å². The number of piperidine rings is 1. The van der Waals surface area contributed by atoms with Crippen LogP contribution in [0.4, 0.5) is 0 Å². The number of nitrogens with zero attached hydrogens (tertiary/aromatic N) is 2. The summed E-state index contributed by atoms with van der Waals surface area (Å²) in [7, 11) is -3.67. The number of esters is 1. The lowest BCUT2D eigenvalue weighted by molar-refractivity contribution is -0.154. The molecule has 0 unspecified atom stereocenters. The van der Waals surface area contributed by atoms with Gasteiger partial charge in [0.1, 0.15) is 0 Å². The molecule has 1 heterocycles. The monoisotopic (exact) mass is 407 g/mol. The van der Waals surface area contributed by atoms with Crippen LogP contribution in [0.5, 0.6) is 0 Å². The Hall–Kier alpha value is -2.44. The molecule has 1 aliphatic heterocycles. The SMILES string of the molecule is CC(C)(C)NC(=O)COC(=O)C1CCN(S(=O)(=O)c2ccc(C#N)cc2)CC1. The van der Waals surface area contributed by atoms with E-state index in [2.05, 4.69) is 5.32 Å². The number of nitriles is 1. The molecule has 0 atom stereocenters. The Labute approximate surface area is 165 Å². The van der Waals surface area contributed by atoms with Crippen molar-refractivity contribution in [3.05, 3.63) is 29.8 Å². The summed E-state index contributed by atoms with van der Waals surface area (Å²) >= 11 is 0. The molecule has 2 rings (SSSR count). The molecule has 9 heteroatoms. The van der Waals surface area contributed by atoms with Crippen LogP contribution in [0.15, 0.2) is 29.2 Å². The third-order valence-corrected chi connectivity index (χ3v) is 6.18. The summed E-state index contributed by atoms with van der Waals surface area (Å²) < 4.78 is 31.8. The van der Waals surface area contributed by atoms with Crippen molar-refractivity contribution in [3.8, 4) is 6.07 Å². The molecule has 1 fully saturated rings. The molecule has 0 aliphatic carbocycles. The van der Waals surface area contributed by atoms with Crippen molar-refractivity contribution in [2.75, 3.05) is 19.7 Å². The number of hydrogen-bond acceptors (Lipinski definition) is 6. The second kappa shape index (κ2) is 8.71. The topological polar surface area (TPSA) is 117 Å². The lowest BCUT2D eigenvalue weighted by atomic mass is 9.98. The van der Waals surface area contributed by atoms with Crippen LogP contribution in [0.2, 0.25) is 0 Å². The van der Waals surface area contributed by atoms with Crippen molar-refractivity contribution in [2.24, 2.45) is 5.92 Å². The number of ether oxygens (including phenoxy) is 1. The van der Waals surface area contributed by atoms with Gasteiger partial charge in [0.2, 0.25) is 10.0 Å². The molecule has 1 aromatic carbocycles. The van der Waals surface area contributed by atoms with E-state index in [9.17, 15) is 18.0 Å². The van der Waals surface area contributed by atoms with Gasteiger partial charge >= 0.3 is 5.97 Å². The van der Waals surface area contributed by atoms with E-state index in [1.54, 1.807) is 0 Å². The Morgan fingerprint density at radius 1 is 1.21 bits per heavy atom. The number of rotatable bonds is 5. The normalized spacial score (nSPS) is 16.2. The Morgan fingerprint density at radius 2 is 1.79 bits per heavy atom. The van der Waals surface area contributed by atoms with Gasteiger partial charge in [-0.3, -0.25) is 9.59 Å². The molecule has 1 aliphatic rings. The van der Waals surface area contributed by atoms with E-state index >= 15 is 0 Å². The molecule has 0 saturated carbocycles. The first-order chi connectivity index (χ1) is 13.0. The first-order valence-electron chi connectivity index (χ1n) is 9.01. The van der Waals surface area contributed by atoms with Gasteiger partial charge in [-0.2, -0.15) is 9.57 Å². The van der Waals surface area contributed by atoms with Gasteiger partial charge in [0.05, 0.1) is 22.4 Å². The zero-order valence-electron chi connectivity index (χ0n) is 16.3. The van der Waals surface area contributed by atoms with Gasteiger partial charge < -0.3 is 10.1 Å². The van der Waals surface area contributed by atoms with Crippen LogP contribution in [0, 0.1) is 17.2 Å². The predicted octanol–water partition coefficient (Wildman–Crippen LogP) is 1.42. The van der Waals surface area contributed by atoms with Crippen molar-refractivity contribution < 1.29 is 22.7 Å². The minimum atomic E-state index is -3.67. The lowest BCUT2D eigenvalue weighted by Gasteiger charge is -2.30. The van der Waals surface area contributed by atoms with Gasteiger partial charge in [0.15, 0.2) is 6.61 Å². The van der Waals surface area contributed by atoms with E-state index in [0.717, 1.165) is 0 Å². The predicted molar refractivity (Wildman–Crippen MR) is 101 cm³/mol. The number of carbonyl (C=O) groups is 2. The highest BCUT2D eigenvalue weighted by Gasteiger charge is 2.33. The van der Waals surface area contributed by atoms with Crippen molar-refractivity contribution in [2.45, 2.75) is 44.0 Å². The Morgan fingerprint density at radius 3 is 2.29 bits per heavy atom. The maximum absolute atomic E-state index is 12.7. The van der Waals surface area contributed by atoms with Crippen molar-refractivity contribution >= 4 is 21.9 Å². The summed E-state index contributed by atoms with van der Waals surface area (Å²) in [5, 5.41) is 11.5. The van der Waals surface area contributed by atoms with E-state index in [4.69, 9.17) is 10.00 Å². The van der Waals surface area contributed by atoms with Gasteiger partial charge in [0, 0.05) is 18.6 Å². The van der Waals surface area contributed by atoms with Crippen molar-refractivity contribution in [1.82, 2.24) is 9.62 Å². The van der Waals surface area contributed by atoms with E-state index in [-0.39, 0.29) is 30.5 Å². The zero-order valence-corrected chi connectivity index (χ0v) is 17.1. The maximum Gasteiger partial charge on any atom is 0.309 e. The molecular formula is C19H25N3O5S.